The van der Waals surface area contributed by atoms with E-state index in [4.69, 9.17) is 14.1 Å². The van der Waals surface area contributed by atoms with Crippen molar-refractivity contribution in [2.24, 2.45) is 0 Å². The van der Waals surface area contributed by atoms with Crippen LogP contribution in [0.5, 0.6) is 0 Å². The fourth-order valence-electron chi connectivity index (χ4n) is 4.64. The van der Waals surface area contributed by atoms with E-state index in [0.717, 1.165) is 11.1 Å². The van der Waals surface area contributed by atoms with Gasteiger partial charge in [-0.05, 0) is 0 Å². The number of rotatable bonds is 2. The van der Waals surface area contributed by atoms with E-state index in [9.17, 15) is 0 Å². The van der Waals surface area contributed by atoms with Gasteiger partial charge in [0.1, 0.15) is 0 Å². The summed E-state index contributed by atoms with van der Waals surface area (Å²) in [6.07, 6.45) is 3.34. The predicted molar refractivity (Wildman–Crippen MR) is 118 cm³/mol. The van der Waals surface area contributed by atoms with Crippen molar-refractivity contribution in [1.29, 1.82) is 0 Å². The molecule has 0 radical (unpaired) electrons. The van der Waals surface area contributed by atoms with Crippen molar-refractivity contribution in [3.8, 4) is 11.1 Å². The summed E-state index contributed by atoms with van der Waals surface area (Å²) < 4.78 is 9.98. The molecule has 1 atom stereocenters. The Morgan fingerprint density at radius 1 is 0.929 bits per heavy atom. The maximum absolute atomic E-state index is 6.28. The zero-order valence-electron chi connectivity index (χ0n) is 14.9. The second kappa shape index (κ2) is 6.59. The molecule has 0 aromatic heterocycles. The Bertz CT molecular complexity index is 1210. The molecule has 3 aromatic rings. The van der Waals surface area contributed by atoms with Crippen molar-refractivity contribution in [2.45, 2.75) is 12.5 Å². The molecule has 0 N–H and O–H groups in total. The molecule has 0 spiro atoms. The number of ether oxygens (including phenoxy) is 1. The van der Waals surface area contributed by atoms with Crippen LogP contribution in [0.4, 0.5) is 0 Å². The van der Waals surface area contributed by atoms with Crippen LogP contribution in [0.2, 0.25) is 0 Å². The molecule has 2 aliphatic carbocycles. The van der Waals surface area contributed by atoms with Gasteiger partial charge in [-0.1, -0.05) is 0 Å². The fraction of sp³-hybridized carbons (Fsp3) is 0.0833. The summed E-state index contributed by atoms with van der Waals surface area (Å²) in [6, 6.07) is 24.1. The van der Waals surface area contributed by atoms with Crippen LogP contribution in [0.3, 0.4) is 0 Å². The van der Waals surface area contributed by atoms with Gasteiger partial charge in [0, 0.05) is 0 Å². The summed E-state index contributed by atoms with van der Waals surface area (Å²) in [5.74, 6) is 0. The zero-order valence-corrected chi connectivity index (χ0v) is 19.9. The molecule has 135 valence electrons. The number of thiol groups is 1. The van der Waals surface area contributed by atoms with Gasteiger partial charge >= 0.3 is 186 Å². The summed E-state index contributed by atoms with van der Waals surface area (Å²) >= 11 is 1.32. The molecule has 3 aromatic carbocycles. The summed E-state index contributed by atoms with van der Waals surface area (Å²) in [5.41, 5.74) is 9.51. The average Bonchev–Trinajstić information content (AvgIpc) is 3.36. The first-order valence-electron chi connectivity index (χ1n) is 9.36. The Balaban J connectivity index is 1.44. The standard InChI is InChI=1S/C13H9.C11H6BrO.H2S.Zr/c1-3-7-12-10(5-1)9-11-6-2-4-8-13(11)12;12-10-6-8-5-7-3-1-2-4-9(7)11(8)13-10;;/h1-5,7-8H,9H2;1-5,11H;1H2;/q;;;+1/p-1. The molecule has 0 saturated heterocycles. The van der Waals surface area contributed by atoms with Crippen LogP contribution in [0.15, 0.2) is 80.3 Å². The van der Waals surface area contributed by atoms with Crippen LogP contribution in [0, 0.1) is 0 Å². The number of hydrogen-bond acceptors (Lipinski definition) is 2. The Morgan fingerprint density at radius 3 is 2.64 bits per heavy atom. The first-order chi connectivity index (χ1) is 13.7. The van der Waals surface area contributed by atoms with Gasteiger partial charge in [-0.25, -0.2) is 0 Å². The van der Waals surface area contributed by atoms with Crippen molar-refractivity contribution in [1.82, 2.24) is 0 Å². The number of benzene rings is 3. The molecular weight excluding hydrogens is 507 g/mol. The van der Waals surface area contributed by atoms with E-state index in [2.05, 4.69) is 88.7 Å². The molecule has 1 nitrogen and oxygen atoms in total. The molecule has 4 heteroatoms. The Labute approximate surface area is 184 Å². The van der Waals surface area contributed by atoms with E-state index < -0.39 is 20.3 Å². The first-order valence-corrected chi connectivity index (χ1v) is 16.4. The van der Waals surface area contributed by atoms with Gasteiger partial charge in [0.2, 0.25) is 0 Å². The van der Waals surface area contributed by atoms with Crippen molar-refractivity contribution >= 4 is 34.7 Å². The van der Waals surface area contributed by atoms with E-state index in [0.29, 0.717) is 0 Å². The third-order valence-electron chi connectivity index (χ3n) is 5.92. The molecule has 6 rings (SSSR count). The number of halogens is 1. The molecule has 1 heterocycles. The van der Waals surface area contributed by atoms with Gasteiger partial charge in [-0.2, -0.15) is 0 Å². The third-order valence-corrected chi connectivity index (χ3v) is 15.0. The number of hydrogen-bond donors (Lipinski definition) is 1. The molecule has 1 aliphatic heterocycles. The number of fused-ring (bicyclic) bond motifs is 6. The topological polar surface area (TPSA) is 9.23 Å². The molecule has 3 aliphatic rings. The molecule has 28 heavy (non-hydrogen) atoms. The van der Waals surface area contributed by atoms with Gasteiger partial charge < -0.3 is 0 Å². The van der Waals surface area contributed by atoms with Crippen molar-refractivity contribution < 1.29 is 25.0 Å². The zero-order chi connectivity index (χ0) is 18.8. The van der Waals surface area contributed by atoms with Gasteiger partial charge in [0.05, 0.1) is 0 Å². The van der Waals surface area contributed by atoms with Gasteiger partial charge in [0.25, 0.3) is 0 Å². The van der Waals surface area contributed by atoms with E-state index in [1.54, 1.807) is 0 Å². The first kappa shape index (κ1) is 17.5. The molecule has 0 saturated carbocycles. The van der Waals surface area contributed by atoms with E-state index in [1.165, 1.54) is 45.5 Å². The molecule has 0 amide bonds. The summed E-state index contributed by atoms with van der Waals surface area (Å²) in [4.78, 5) is 0. The Hall–Kier alpha value is -1.35. The fourth-order valence-corrected chi connectivity index (χ4v) is 14.1. The second-order valence-electron chi connectivity index (χ2n) is 7.39. The quantitative estimate of drug-likeness (QED) is 0.314. The Morgan fingerprint density at radius 2 is 1.71 bits per heavy atom. The normalized spacial score (nSPS) is 18.2. The second-order valence-corrected chi connectivity index (χ2v) is 15.0. The van der Waals surface area contributed by atoms with Crippen LogP contribution in [0.1, 0.15) is 28.4 Å². The van der Waals surface area contributed by atoms with E-state index in [1.807, 2.05) is 0 Å². The van der Waals surface area contributed by atoms with Crippen molar-refractivity contribution in [2.75, 3.05) is 0 Å². The van der Waals surface area contributed by atoms with Crippen LogP contribution >= 0.6 is 25.3 Å². The van der Waals surface area contributed by atoms with Gasteiger partial charge in [-0.15, -0.1) is 0 Å². The molecular formula is C24H16BrOSZr. The summed E-state index contributed by atoms with van der Waals surface area (Å²) in [5, 5.41) is 0. The van der Waals surface area contributed by atoms with Crippen LogP contribution in [-0.4, -0.2) is 0 Å². The summed E-state index contributed by atoms with van der Waals surface area (Å²) in [7, 11) is 5.30. The van der Waals surface area contributed by atoms with Crippen molar-refractivity contribution in [3.63, 3.8) is 0 Å². The van der Waals surface area contributed by atoms with Gasteiger partial charge in [-0.3, -0.25) is 0 Å². The SMILES string of the molecule is [SH][Zr]([C]1=C(Br)OC2C1=Cc1ccccc12)[c]1cccc2c1Cc1ccccc1-2. The average molecular weight is 524 g/mol. The molecule has 0 bridgehead atoms. The maximum atomic E-state index is 6.28. The Kier molecular flexibility index (Phi) is 4.12. The van der Waals surface area contributed by atoms with Crippen molar-refractivity contribution in [3.05, 3.63) is 103 Å². The van der Waals surface area contributed by atoms with Crippen LogP contribution in [0.25, 0.3) is 17.2 Å². The van der Waals surface area contributed by atoms with E-state index >= 15 is 0 Å². The van der Waals surface area contributed by atoms with Crippen LogP contribution in [-0.2, 0) is 31.4 Å². The minimum atomic E-state index is -2.42. The van der Waals surface area contributed by atoms with E-state index in [-0.39, 0.29) is 6.10 Å². The minimum absolute atomic E-state index is 0.0253. The van der Waals surface area contributed by atoms with Crippen LogP contribution < -0.4 is 3.27 Å². The predicted octanol–water partition coefficient (Wildman–Crippen LogP) is 6.08. The molecule has 1 unspecified atom stereocenters. The molecule has 0 fully saturated rings. The third kappa shape index (κ3) is 2.47. The monoisotopic (exact) mass is 521 g/mol. The van der Waals surface area contributed by atoms with Gasteiger partial charge in [0.15, 0.2) is 0 Å². The summed E-state index contributed by atoms with van der Waals surface area (Å²) in [6.45, 7) is 0.